The molecule has 2 fully saturated rings. The first kappa shape index (κ1) is 21.2. The van der Waals surface area contributed by atoms with Crippen molar-refractivity contribution in [3.05, 3.63) is 53.1 Å². The fourth-order valence-electron chi connectivity index (χ4n) is 4.40. The Hall–Kier alpha value is -3.02. The topological polar surface area (TPSA) is 64.7 Å². The molecule has 2 aliphatic rings. The molecule has 2 N–H and O–H groups in total. The van der Waals surface area contributed by atoms with Crippen LogP contribution in [0.15, 0.2) is 36.4 Å². The molecule has 0 saturated carbocycles. The van der Waals surface area contributed by atoms with Crippen LogP contribution in [0.2, 0.25) is 0 Å². The molecule has 2 saturated heterocycles. The van der Waals surface area contributed by atoms with E-state index < -0.39 is 0 Å². The molecule has 0 aliphatic carbocycles. The van der Waals surface area contributed by atoms with Gasteiger partial charge in [-0.2, -0.15) is 0 Å². The van der Waals surface area contributed by atoms with E-state index in [1.54, 1.807) is 0 Å². The smallest absolute Gasteiger partial charge is 0.323 e. The molecule has 2 heterocycles. The molecule has 0 unspecified atom stereocenters. The lowest BCUT2D eigenvalue weighted by molar-refractivity contribution is 0.0725. The van der Waals surface area contributed by atoms with E-state index in [2.05, 4.69) is 15.5 Å². The summed E-state index contributed by atoms with van der Waals surface area (Å²) < 4.78 is 0. The molecule has 3 amide bonds. The summed E-state index contributed by atoms with van der Waals surface area (Å²) in [4.78, 5) is 30.2. The molecule has 2 aromatic rings. The molecule has 6 heteroatoms. The van der Waals surface area contributed by atoms with E-state index in [9.17, 15) is 9.59 Å². The molecule has 0 radical (unpaired) electrons. The highest BCUT2D eigenvalue weighted by molar-refractivity contribution is 6.04. The van der Waals surface area contributed by atoms with Gasteiger partial charge in [0.25, 0.3) is 5.91 Å². The molecule has 0 spiro atoms. The van der Waals surface area contributed by atoms with E-state index in [1.807, 2.05) is 55.1 Å². The zero-order valence-corrected chi connectivity index (χ0v) is 18.5. The second-order valence-electron chi connectivity index (χ2n) is 8.66. The number of hydrogen-bond acceptors (Lipinski definition) is 3. The Bertz CT molecular complexity index is 960. The number of carbonyl (C=O) groups is 2. The van der Waals surface area contributed by atoms with Gasteiger partial charge in [0.1, 0.15) is 0 Å². The minimum atomic E-state index is -0.312. The standard InChI is InChI=1S/C25H32N4O2/c1-18-8-9-20(16-19(18)2)26-25(31)27-21-10-11-23(28-12-6-7-13-28)22(17-21)24(30)29-14-4-3-5-15-29/h8-11,16-17H,3-7,12-15H2,1-2H3,(H2,26,27,31). The van der Waals surface area contributed by atoms with Crippen LogP contribution < -0.4 is 15.5 Å². The number of urea groups is 1. The summed E-state index contributed by atoms with van der Waals surface area (Å²) in [6, 6.07) is 11.2. The van der Waals surface area contributed by atoms with Crippen molar-refractivity contribution in [1.29, 1.82) is 0 Å². The van der Waals surface area contributed by atoms with E-state index in [0.717, 1.165) is 68.8 Å². The Balaban J connectivity index is 1.54. The van der Waals surface area contributed by atoms with E-state index in [0.29, 0.717) is 11.3 Å². The highest BCUT2D eigenvalue weighted by atomic mass is 16.2. The minimum absolute atomic E-state index is 0.0693. The first-order chi connectivity index (χ1) is 15.0. The van der Waals surface area contributed by atoms with Gasteiger partial charge in [-0.3, -0.25) is 4.79 Å². The lowest BCUT2D eigenvalue weighted by atomic mass is 10.1. The fraction of sp³-hybridized carbons (Fsp3) is 0.440. The van der Waals surface area contributed by atoms with Crippen molar-refractivity contribution in [2.45, 2.75) is 46.0 Å². The van der Waals surface area contributed by atoms with Crippen LogP contribution in [-0.2, 0) is 0 Å². The van der Waals surface area contributed by atoms with Gasteiger partial charge < -0.3 is 20.4 Å². The van der Waals surface area contributed by atoms with Gasteiger partial charge in [0.2, 0.25) is 0 Å². The largest absolute Gasteiger partial charge is 0.371 e. The van der Waals surface area contributed by atoms with Crippen molar-refractivity contribution in [2.24, 2.45) is 0 Å². The number of nitrogens with one attached hydrogen (secondary N) is 2. The van der Waals surface area contributed by atoms with Gasteiger partial charge in [0.05, 0.1) is 5.56 Å². The summed E-state index contributed by atoms with van der Waals surface area (Å²) in [7, 11) is 0. The van der Waals surface area contributed by atoms with E-state index in [-0.39, 0.29) is 11.9 Å². The van der Waals surface area contributed by atoms with Crippen molar-refractivity contribution >= 4 is 29.0 Å². The van der Waals surface area contributed by atoms with Gasteiger partial charge in [-0.05, 0) is 87.4 Å². The number of rotatable bonds is 4. The number of benzene rings is 2. The minimum Gasteiger partial charge on any atom is -0.371 e. The molecule has 0 bridgehead atoms. The molecule has 0 aromatic heterocycles. The normalized spacial score (nSPS) is 16.3. The summed E-state index contributed by atoms with van der Waals surface area (Å²) in [5, 5.41) is 5.79. The van der Waals surface area contributed by atoms with Crippen LogP contribution in [0.4, 0.5) is 21.9 Å². The molecule has 4 rings (SSSR count). The van der Waals surface area contributed by atoms with Crippen LogP contribution in [0.25, 0.3) is 0 Å². The van der Waals surface area contributed by atoms with Crippen LogP contribution >= 0.6 is 0 Å². The third kappa shape index (κ3) is 5.01. The molecule has 164 valence electrons. The van der Waals surface area contributed by atoms with Crippen LogP contribution in [0.3, 0.4) is 0 Å². The van der Waals surface area contributed by atoms with Crippen molar-refractivity contribution < 1.29 is 9.59 Å². The number of amides is 3. The summed E-state index contributed by atoms with van der Waals surface area (Å²) in [6.45, 7) is 7.63. The number of carbonyl (C=O) groups excluding carboxylic acids is 2. The van der Waals surface area contributed by atoms with Crippen LogP contribution in [0.1, 0.15) is 53.6 Å². The first-order valence-electron chi connectivity index (χ1n) is 11.3. The maximum atomic E-state index is 13.3. The Kier molecular flexibility index (Phi) is 6.44. The predicted octanol–water partition coefficient (Wildman–Crippen LogP) is 5.17. The van der Waals surface area contributed by atoms with Crippen LogP contribution in [-0.4, -0.2) is 43.0 Å². The molecule has 2 aliphatic heterocycles. The molecular weight excluding hydrogens is 388 g/mol. The lowest BCUT2D eigenvalue weighted by Gasteiger charge is -2.29. The van der Waals surface area contributed by atoms with Crippen molar-refractivity contribution in [1.82, 2.24) is 4.90 Å². The highest BCUT2D eigenvalue weighted by Gasteiger charge is 2.25. The number of likely N-dealkylation sites (tertiary alicyclic amines) is 1. The van der Waals surface area contributed by atoms with Crippen molar-refractivity contribution in [3.8, 4) is 0 Å². The van der Waals surface area contributed by atoms with Gasteiger partial charge in [0.15, 0.2) is 0 Å². The van der Waals surface area contributed by atoms with Crippen molar-refractivity contribution in [3.63, 3.8) is 0 Å². The molecule has 31 heavy (non-hydrogen) atoms. The first-order valence-corrected chi connectivity index (χ1v) is 11.3. The van der Waals surface area contributed by atoms with Crippen LogP contribution in [0, 0.1) is 13.8 Å². The van der Waals surface area contributed by atoms with E-state index >= 15 is 0 Å². The monoisotopic (exact) mass is 420 g/mol. The number of aryl methyl sites for hydroxylation is 2. The fourth-order valence-corrected chi connectivity index (χ4v) is 4.40. The van der Waals surface area contributed by atoms with Gasteiger partial charge in [-0.25, -0.2) is 4.79 Å². The van der Waals surface area contributed by atoms with Gasteiger partial charge in [-0.1, -0.05) is 6.07 Å². The Labute approximate surface area is 184 Å². The van der Waals surface area contributed by atoms with Gasteiger partial charge in [0, 0.05) is 43.2 Å². The van der Waals surface area contributed by atoms with Gasteiger partial charge in [-0.15, -0.1) is 0 Å². The van der Waals surface area contributed by atoms with Gasteiger partial charge >= 0.3 is 6.03 Å². The Morgan fingerprint density at radius 1 is 0.742 bits per heavy atom. The Morgan fingerprint density at radius 2 is 1.35 bits per heavy atom. The number of nitrogens with zero attached hydrogens (tertiary/aromatic N) is 2. The molecule has 6 nitrogen and oxygen atoms in total. The molecular formula is C25H32N4O2. The average molecular weight is 421 g/mol. The lowest BCUT2D eigenvalue weighted by Crippen LogP contribution is -2.36. The zero-order chi connectivity index (χ0) is 21.8. The number of hydrogen-bond donors (Lipinski definition) is 2. The average Bonchev–Trinajstić information content (AvgIpc) is 3.31. The highest BCUT2D eigenvalue weighted by Crippen LogP contribution is 2.29. The second kappa shape index (κ2) is 9.41. The number of anilines is 3. The molecule has 2 aromatic carbocycles. The van der Waals surface area contributed by atoms with Crippen LogP contribution in [0.5, 0.6) is 0 Å². The summed E-state index contributed by atoms with van der Waals surface area (Å²) in [5.74, 6) is 0.0693. The maximum Gasteiger partial charge on any atom is 0.323 e. The van der Waals surface area contributed by atoms with E-state index in [4.69, 9.17) is 0 Å². The summed E-state index contributed by atoms with van der Waals surface area (Å²) in [6.07, 6.45) is 5.59. The maximum absolute atomic E-state index is 13.3. The quantitative estimate of drug-likeness (QED) is 0.717. The number of piperidine rings is 1. The molecule has 0 atom stereocenters. The zero-order valence-electron chi connectivity index (χ0n) is 18.5. The predicted molar refractivity (Wildman–Crippen MR) is 126 cm³/mol. The SMILES string of the molecule is Cc1ccc(NC(=O)Nc2ccc(N3CCCC3)c(C(=O)N3CCCCC3)c2)cc1C. The Morgan fingerprint density at radius 3 is 2.03 bits per heavy atom. The summed E-state index contributed by atoms with van der Waals surface area (Å²) >= 11 is 0. The van der Waals surface area contributed by atoms with E-state index in [1.165, 1.54) is 12.0 Å². The van der Waals surface area contributed by atoms with Crippen molar-refractivity contribution in [2.75, 3.05) is 41.7 Å². The summed E-state index contributed by atoms with van der Waals surface area (Å²) in [5.41, 5.74) is 5.36. The second-order valence-corrected chi connectivity index (χ2v) is 8.66. The third-order valence-corrected chi connectivity index (χ3v) is 6.34. The third-order valence-electron chi connectivity index (χ3n) is 6.34.